The lowest BCUT2D eigenvalue weighted by atomic mass is 9.66. The second-order valence-corrected chi connectivity index (χ2v) is 6.95. The van der Waals surface area contributed by atoms with Crippen molar-refractivity contribution in [2.75, 3.05) is 13.6 Å². The molecule has 106 valence electrons. The maximum absolute atomic E-state index is 6.29. The normalized spacial score (nSPS) is 34.7. The van der Waals surface area contributed by atoms with Crippen LogP contribution in [0.2, 0.25) is 0 Å². The molecule has 0 amide bonds. The molecule has 0 aliphatic heterocycles. The van der Waals surface area contributed by atoms with E-state index in [2.05, 4.69) is 25.8 Å². The molecule has 2 heteroatoms. The predicted molar refractivity (Wildman–Crippen MR) is 78.6 cm³/mol. The Hall–Kier alpha value is -0.0800. The minimum absolute atomic E-state index is 0.293. The number of likely N-dealkylation sites (N-methyl/N-ethyl adjacent to an activating group) is 1. The summed E-state index contributed by atoms with van der Waals surface area (Å²) >= 11 is 0. The first kappa shape index (κ1) is 14.3. The molecule has 2 aliphatic carbocycles. The molecule has 2 aliphatic rings. The molecule has 2 rings (SSSR count). The molecule has 2 saturated carbocycles. The van der Waals surface area contributed by atoms with Gasteiger partial charge >= 0.3 is 0 Å². The van der Waals surface area contributed by atoms with E-state index in [0.29, 0.717) is 5.54 Å². The first-order valence-electron chi connectivity index (χ1n) is 8.05. The van der Waals surface area contributed by atoms with E-state index < -0.39 is 0 Å². The molecule has 0 spiro atoms. The summed E-state index contributed by atoms with van der Waals surface area (Å²) in [5.74, 6) is 1.56. The van der Waals surface area contributed by atoms with Crippen LogP contribution in [0.25, 0.3) is 0 Å². The molecule has 0 aromatic heterocycles. The quantitative estimate of drug-likeness (QED) is 0.831. The highest BCUT2D eigenvalue weighted by Gasteiger charge is 2.46. The second kappa shape index (κ2) is 5.92. The summed E-state index contributed by atoms with van der Waals surface area (Å²) in [4.78, 5) is 2.71. The maximum Gasteiger partial charge on any atom is 0.0362 e. The Bertz CT molecular complexity index is 258. The molecule has 0 aromatic carbocycles. The van der Waals surface area contributed by atoms with Gasteiger partial charge in [0.15, 0.2) is 0 Å². The van der Waals surface area contributed by atoms with Crippen molar-refractivity contribution >= 4 is 0 Å². The van der Waals surface area contributed by atoms with E-state index >= 15 is 0 Å². The van der Waals surface area contributed by atoms with E-state index in [1.165, 1.54) is 51.4 Å². The molecule has 0 aromatic rings. The van der Waals surface area contributed by atoms with E-state index in [0.717, 1.165) is 24.4 Å². The van der Waals surface area contributed by atoms with Crippen molar-refractivity contribution in [1.82, 2.24) is 4.90 Å². The maximum atomic E-state index is 6.29. The van der Waals surface area contributed by atoms with Gasteiger partial charge in [-0.1, -0.05) is 39.5 Å². The largest absolute Gasteiger partial charge is 0.329 e. The fraction of sp³-hybridized carbons (Fsp3) is 1.00. The Labute approximate surface area is 113 Å². The van der Waals surface area contributed by atoms with Gasteiger partial charge in [-0.3, -0.25) is 4.90 Å². The molecule has 0 radical (unpaired) electrons. The summed E-state index contributed by atoms with van der Waals surface area (Å²) in [5, 5.41) is 0. The van der Waals surface area contributed by atoms with Crippen LogP contribution in [0.1, 0.15) is 65.2 Å². The van der Waals surface area contributed by atoms with Crippen molar-refractivity contribution in [1.29, 1.82) is 0 Å². The summed E-state index contributed by atoms with van der Waals surface area (Å²) in [6.45, 7) is 5.63. The van der Waals surface area contributed by atoms with Crippen molar-refractivity contribution in [2.24, 2.45) is 17.6 Å². The van der Waals surface area contributed by atoms with Crippen LogP contribution in [0.5, 0.6) is 0 Å². The standard InChI is InChI=1S/C16H32N2/c1-13(2)15-10-6-7-11-16(15,12-17)18(3)14-8-4-5-9-14/h13-15H,4-12,17H2,1-3H3. The van der Waals surface area contributed by atoms with Crippen LogP contribution >= 0.6 is 0 Å². The smallest absolute Gasteiger partial charge is 0.0362 e. The highest BCUT2D eigenvalue weighted by Crippen LogP contribution is 2.43. The Balaban J connectivity index is 2.19. The van der Waals surface area contributed by atoms with Crippen molar-refractivity contribution in [3.63, 3.8) is 0 Å². The summed E-state index contributed by atoms with van der Waals surface area (Å²) in [7, 11) is 2.36. The lowest BCUT2D eigenvalue weighted by Crippen LogP contribution is -2.62. The van der Waals surface area contributed by atoms with Gasteiger partial charge in [0.05, 0.1) is 0 Å². The number of nitrogens with zero attached hydrogens (tertiary/aromatic N) is 1. The summed E-state index contributed by atoms with van der Waals surface area (Å²) < 4.78 is 0. The minimum atomic E-state index is 0.293. The topological polar surface area (TPSA) is 29.3 Å². The van der Waals surface area contributed by atoms with Crippen molar-refractivity contribution in [2.45, 2.75) is 76.8 Å². The van der Waals surface area contributed by atoms with Gasteiger partial charge < -0.3 is 5.73 Å². The van der Waals surface area contributed by atoms with Crippen LogP contribution in [-0.2, 0) is 0 Å². The SMILES string of the molecule is CC(C)C1CCCCC1(CN)N(C)C1CCCC1. The number of hydrogen-bond donors (Lipinski definition) is 1. The van der Waals surface area contributed by atoms with E-state index in [9.17, 15) is 0 Å². The molecule has 2 unspecified atom stereocenters. The van der Waals surface area contributed by atoms with Crippen LogP contribution in [0, 0.1) is 11.8 Å². The third-order valence-corrected chi connectivity index (χ3v) is 5.80. The lowest BCUT2D eigenvalue weighted by Gasteiger charge is -2.53. The van der Waals surface area contributed by atoms with E-state index in [1.54, 1.807) is 0 Å². The predicted octanol–water partition coefficient (Wildman–Crippen LogP) is 3.40. The van der Waals surface area contributed by atoms with Gasteiger partial charge in [0.1, 0.15) is 0 Å². The van der Waals surface area contributed by atoms with E-state index in [4.69, 9.17) is 5.73 Å². The lowest BCUT2D eigenvalue weighted by molar-refractivity contribution is -0.0214. The second-order valence-electron chi connectivity index (χ2n) is 6.95. The molecular weight excluding hydrogens is 220 g/mol. The van der Waals surface area contributed by atoms with Crippen LogP contribution in [0.4, 0.5) is 0 Å². The first-order valence-corrected chi connectivity index (χ1v) is 8.05. The molecule has 0 heterocycles. The molecule has 0 bridgehead atoms. The van der Waals surface area contributed by atoms with Crippen LogP contribution in [-0.4, -0.2) is 30.1 Å². The van der Waals surface area contributed by atoms with Crippen molar-refractivity contribution in [3.05, 3.63) is 0 Å². The van der Waals surface area contributed by atoms with Gasteiger partial charge in [0, 0.05) is 18.1 Å². The average molecular weight is 252 g/mol. The van der Waals surface area contributed by atoms with Crippen LogP contribution in [0.15, 0.2) is 0 Å². The molecule has 2 N–H and O–H groups in total. The fourth-order valence-electron chi connectivity index (χ4n) is 4.69. The Morgan fingerprint density at radius 2 is 1.72 bits per heavy atom. The zero-order valence-corrected chi connectivity index (χ0v) is 12.6. The summed E-state index contributed by atoms with van der Waals surface area (Å²) in [6, 6.07) is 0.799. The molecule has 2 atom stereocenters. The summed E-state index contributed by atoms with van der Waals surface area (Å²) in [6.07, 6.45) is 11.1. The van der Waals surface area contributed by atoms with Crippen LogP contribution in [0.3, 0.4) is 0 Å². The van der Waals surface area contributed by atoms with Gasteiger partial charge in [-0.2, -0.15) is 0 Å². The molecule has 2 nitrogen and oxygen atoms in total. The first-order chi connectivity index (χ1) is 8.62. The van der Waals surface area contributed by atoms with Crippen molar-refractivity contribution < 1.29 is 0 Å². The fourth-order valence-corrected chi connectivity index (χ4v) is 4.69. The van der Waals surface area contributed by atoms with E-state index in [1.807, 2.05) is 0 Å². The van der Waals surface area contributed by atoms with Gasteiger partial charge in [0.2, 0.25) is 0 Å². The highest BCUT2D eigenvalue weighted by atomic mass is 15.2. The number of nitrogens with two attached hydrogens (primary N) is 1. The Morgan fingerprint density at radius 1 is 1.11 bits per heavy atom. The zero-order valence-electron chi connectivity index (χ0n) is 12.6. The third kappa shape index (κ3) is 2.46. The van der Waals surface area contributed by atoms with Gasteiger partial charge in [-0.05, 0) is 44.6 Å². The number of hydrogen-bond acceptors (Lipinski definition) is 2. The number of rotatable bonds is 4. The van der Waals surface area contributed by atoms with E-state index in [-0.39, 0.29) is 0 Å². The third-order valence-electron chi connectivity index (χ3n) is 5.80. The molecule has 18 heavy (non-hydrogen) atoms. The highest BCUT2D eigenvalue weighted by molar-refractivity contribution is 5.02. The average Bonchev–Trinajstić information content (AvgIpc) is 2.91. The Morgan fingerprint density at radius 3 is 2.28 bits per heavy atom. The zero-order chi connectivity index (χ0) is 13.2. The van der Waals surface area contributed by atoms with Crippen LogP contribution < -0.4 is 5.73 Å². The van der Waals surface area contributed by atoms with Gasteiger partial charge in [0.25, 0.3) is 0 Å². The van der Waals surface area contributed by atoms with Gasteiger partial charge in [-0.15, -0.1) is 0 Å². The summed E-state index contributed by atoms with van der Waals surface area (Å²) in [5.41, 5.74) is 6.59. The monoisotopic (exact) mass is 252 g/mol. The molecule has 0 saturated heterocycles. The Kier molecular flexibility index (Phi) is 4.71. The molecular formula is C16H32N2. The van der Waals surface area contributed by atoms with Gasteiger partial charge in [-0.25, -0.2) is 0 Å². The van der Waals surface area contributed by atoms with Crippen molar-refractivity contribution in [3.8, 4) is 0 Å². The minimum Gasteiger partial charge on any atom is -0.329 e. The molecule has 2 fully saturated rings.